The molecule has 0 amide bonds. The second-order valence-corrected chi connectivity index (χ2v) is 7.15. The zero-order valence-electron chi connectivity index (χ0n) is 13.2. The van der Waals surface area contributed by atoms with Crippen LogP contribution in [0.5, 0.6) is 0 Å². The van der Waals surface area contributed by atoms with E-state index in [9.17, 15) is 9.59 Å². The average molecular weight is 340 g/mol. The van der Waals surface area contributed by atoms with Gasteiger partial charge >= 0.3 is 11.9 Å². The molecular formula is C15H20N2O5S. The normalized spacial score (nSPS) is 33.2. The quantitative estimate of drug-likeness (QED) is 0.494. The lowest BCUT2D eigenvalue weighted by molar-refractivity contribution is -0.160. The molecule has 1 spiro atoms. The van der Waals surface area contributed by atoms with Crippen LogP contribution in [0.15, 0.2) is 5.38 Å². The molecule has 3 rings (SSSR count). The summed E-state index contributed by atoms with van der Waals surface area (Å²) >= 11 is 1.28. The minimum atomic E-state index is -1.26. The summed E-state index contributed by atoms with van der Waals surface area (Å²) in [5.74, 6) is -1.07. The summed E-state index contributed by atoms with van der Waals surface area (Å²) in [4.78, 5) is 29.0. The first kappa shape index (κ1) is 16.2. The Morgan fingerprint density at radius 1 is 1.48 bits per heavy atom. The number of aromatic nitrogens is 1. The van der Waals surface area contributed by atoms with Crippen LogP contribution in [-0.2, 0) is 29.4 Å². The molecule has 0 radical (unpaired) electrons. The van der Waals surface area contributed by atoms with Gasteiger partial charge < -0.3 is 19.9 Å². The zero-order valence-corrected chi connectivity index (χ0v) is 14.0. The van der Waals surface area contributed by atoms with E-state index in [0.717, 1.165) is 6.42 Å². The fourth-order valence-corrected chi connectivity index (χ4v) is 3.89. The largest absolute Gasteiger partial charge is 0.459 e. The zero-order chi connectivity index (χ0) is 16.7. The van der Waals surface area contributed by atoms with E-state index in [4.69, 9.17) is 19.9 Å². The first-order valence-electron chi connectivity index (χ1n) is 7.63. The number of nitrogens with zero attached hydrogens (tertiary/aromatic N) is 1. The van der Waals surface area contributed by atoms with E-state index >= 15 is 0 Å². The molecule has 126 valence electrons. The molecule has 2 N–H and O–H groups in total. The maximum atomic E-state index is 12.5. The van der Waals surface area contributed by atoms with Crippen molar-refractivity contribution in [3.63, 3.8) is 0 Å². The molecule has 0 unspecified atom stereocenters. The highest BCUT2D eigenvalue weighted by molar-refractivity contribution is 7.13. The molecule has 8 heteroatoms. The smallest absolute Gasteiger partial charge is 0.324 e. The number of nitrogens with two attached hydrogens (primary N) is 1. The van der Waals surface area contributed by atoms with Crippen molar-refractivity contribution in [3.8, 4) is 0 Å². The number of cyclic esters (lactones) is 2. The molecule has 2 fully saturated rings. The fraction of sp³-hybridized carbons (Fsp3) is 0.667. The van der Waals surface area contributed by atoms with Crippen molar-refractivity contribution in [3.05, 3.63) is 11.1 Å². The first-order valence-corrected chi connectivity index (χ1v) is 8.51. The van der Waals surface area contributed by atoms with Gasteiger partial charge in [0.15, 0.2) is 16.1 Å². The number of carbonyl (C=O) groups is 2. The molecule has 23 heavy (non-hydrogen) atoms. The Balaban J connectivity index is 1.77. The maximum Gasteiger partial charge on any atom is 0.324 e. The van der Waals surface area contributed by atoms with Gasteiger partial charge in [0.05, 0.1) is 12.3 Å². The predicted molar refractivity (Wildman–Crippen MR) is 82.6 cm³/mol. The number of anilines is 1. The summed E-state index contributed by atoms with van der Waals surface area (Å²) in [5.41, 5.74) is 4.02. The summed E-state index contributed by atoms with van der Waals surface area (Å²) in [6.45, 7) is 4.65. The molecule has 0 bridgehead atoms. The molecule has 0 saturated carbocycles. The second kappa shape index (κ2) is 5.76. The van der Waals surface area contributed by atoms with Crippen molar-refractivity contribution in [1.82, 2.24) is 4.98 Å². The predicted octanol–water partition coefficient (Wildman–Crippen LogP) is 1.62. The third kappa shape index (κ3) is 2.70. The minimum Gasteiger partial charge on any atom is -0.459 e. The van der Waals surface area contributed by atoms with Crippen LogP contribution in [0.1, 0.15) is 38.8 Å². The van der Waals surface area contributed by atoms with Crippen LogP contribution in [0.4, 0.5) is 5.13 Å². The third-order valence-electron chi connectivity index (χ3n) is 4.30. The van der Waals surface area contributed by atoms with Crippen molar-refractivity contribution in [1.29, 1.82) is 0 Å². The first-order chi connectivity index (χ1) is 10.9. The highest BCUT2D eigenvalue weighted by Crippen LogP contribution is 2.52. The van der Waals surface area contributed by atoms with Crippen molar-refractivity contribution in [2.24, 2.45) is 5.41 Å². The molecule has 0 aromatic carbocycles. The summed E-state index contributed by atoms with van der Waals surface area (Å²) in [6, 6.07) is 0. The Labute approximate surface area is 138 Å². The van der Waals surface area contributed by atoms with Gasteiger partial charge in [0.1, 0.15) is 6.10 Å². The van der Waals surface area contributed by atoms with E-state index in [1.165, 1.54) is 11.3 Å². The number of hydrogen-bond acceptors (Lipinski definition) is 8. The Kier molecular flexibility index (Phi) is 4.05. The van der Waals surface area contributed by atoms with Gasteiger partial charge in [-0.05, 0) is 13.3 Å². The molecule has 1 aromatic rings. The van der Waals surface area contributed by atoms with Crippen molar-refractivity contribution in [2.75, 3.05) is 18.9 Å². The van der Waals surface area contributed by atoms with Crippen LogP contribution >= 0.6 is 11.3 Å². The molecule has 2 aliphatic rings. The molecule has 2 saturated heterocycles. The third-order valence-corrected chi connectivity index (χ3v) is 4.98. The SMILES string of the molecule is CCCOC[C@@H]1C[C@@]2(C[C@](C)(c3csc(N)n3)OC2=O)C(=O)O1. The Morgan fingerprint density at radius 2 is 2.26 bits per heavy atom. The summed E-state index contributed by atoms with van der Waals surface area (Å²) in [5, 5.41) is 2.15. The minimum absolute atomic E-state index is 0.213. The Bertz CT molecular complexity index is 633. The number of ether oxygens (including phenoxy) is 3. The van der Waals surface area contributed by atoms with Crippen molar-refractivity contribution < 1.29 is 23.8 Å². The molecular weight excluding hydrogens is 320 g/mol. The number of nitrogen functional groups attached to an aromatic ring is 1. The van der Waals surface area contributed by atoms with Gasteiger partial charge in [0.2, 0.25) is 0 Å². The van der Waals surface area contributed by atoms with Crippen LogP contribution in [0, 0.1) is 5.41 Å². The highest BCUT2D eigenvalue weighted by Gasteiger charge is 2.65. The van der Waals surface area contributed by atoms with Crippen LogP contribution in [0.25, 0.3) is 0 Å². The highest BCUT2D eigenvalue weighted by atomic mass is 32.1. The molecule has 2 aliphatic heterocycles. The van der Waals surface area contributed by atoms with Crippen molar-refractivity contribution >= 4 is 28.4 Å². The molecule has 7 nitrogen and oxygen atoms in total. The molecule has 3 atom stereocenters. The molecule has 3 heterocycles. The van der Waals surface area contributed by atoms with Crippen LogP contribution < -0.4 is 5.73 Å². The Hall–Kier alpha value is -1.67. The van der Waals surface area contributed by atoms with Gasteiger partial charge in [-0.1, -0.05) is 6.92 Å². The van der Waals surface area contributed by atoms with E-state index in [-0.39, 0.29) is 12.8 Å². The Morgan fingerprint density at radius 3 is 2.91 bits per heavy atom. The lowest BCUT2D eigenvalue weighted by atomic mass is 9.78. The lowest BCUT2D eigenvalue weighted by Crippen LogP contribution is -2.32. The second-order valence-electron chi connectivity index (χ2n) is 6.26. The summed E-state index contributed by atoms with van der Waals surface area (Å²) in [7, 11) is 0. The van der Waals surface area contributed by atoms with Gasteiger partial charge in [0.25, 0.3) is 0 Å². The van der Waals surface area contributed by atoms with Gasteiger partial charge in [-0.15, -0.1) is 11.3 Å². The van der Waals surface area contributed by atoms with Crippen molar-refractivity contribution in [2.45, 2.75) is 44.8 Å². The van der Waals surface area contributed by atoms with Crippen LogP contribution in [-0.4, -0.2) is 36.2 Å². The van der Waals surface area contributed by atoms with E-state index in [1.54, 1.807) is 12.3 Å². The standard InChI is InChI=1S/C15H20N2O5S/c1-3-4-20-6-9-5-15(11(18)21-9)8-14(2,22-12(15)19)10-7-23-13(16)17-10/h7,9H,3-6,8H2,1-2H3,(H2,16,17)/t9-,14+,15+/m0/s1. The number of carbonyl (C=O) groups excluding carboxylic acids is 2. The van der Waals surface area contributed by atoms with E-state index in [0.29, 0.717) is 24.0 Å². The van der Waals surface area contributed by atoms with Gasteiger partial charge in [0, 0.05) is 24.8 Å². The van der Waals surface area contributed by atoms with E-state index in [2.05, 4.69) is 4.98 Å². The summed E-state index contributed by atoms with van der Waals surface area (Å²) in [6.07, 6.45) is 0.968. The maximum absolute atomic E-state index is 12.5. The lowest BCUT2D eigenvalue weighted by Gasteiger charge is -2.20. The number of thiazole rings is 1. The number of hydrogen-bond donors (Lipinski definition) is 1. The van der Waals surface area contributed by atoms with Crippen LogP contribution in [0.2, 0.25) is 0 Å². The summed E-state index contributed by atoms with van der Waals surface area (Å²) < 4.78 is 16.3. The number of rotatable bonds is 5. The fourth-order valence-electron chi connectivity index (χ4n) is 3.20. The topological polar surface area (TPSA) is 101 Å². The molecule has 0 aliphatic carbocycles. The average Bonchev–Trinajstić information content (AvgIpc) is 3.11. The van der Waals surface area contributed by atoms with Gasteiger partial charge in [-0.25, -0.2) is 4.98 Å². The van der Waals surface area contributed by atoms with Crippen LogP contribution in [0.3, 0.4) is 0 Å². The monoisotopic (exact) mass is 340 g/mol. The van der Waals surface area contributed by atoms with E-state index in [1.807, 2.05) is 6.92 Å². The molecule has 1 aromatic heterocycles. The van der Waals surface area contributed by atoms with Gasteiger partial charge in [-0.3, -0.25) is 9.59 Å². The van der Waals surface area contributed by atoms with E-state index < -0.39 is 29.1 Å². The van der Waals surface area contributed by atoms with Gasteiger partial charge in [-0.2, -0.15) is 0 Å². The number of esters is 2.